The van der Waals surface area contributed by atoms with Crippen LogP contribution in [0.5, 0.6) is 0 Å². The summed E-state index contributed by atoms with van der Waals surface area (Å²) in [6.45, 7) is 4.23. The molecule has 24 heavy (non-hydrogen) atoms. The molecule has 3 aromatic heterocycles. The average molecular weight is 337 g/mol. The normalized spacial score (nSPS) is 11.2. The van der Waals surface area contributed by atoms with Gasteiger partial charge in [-0.05, 0) is 19.4 Å². The van der Waals surface area contributed by atoms with Gasteiger partial charge in [0.15, 0.2) is 5.76 Å². The van der Waals surface area contributed by atoms with Gasteiger partial charge in [0.25, 0.3) is 5.56 Å². The quantitative estimate of drug-likeness (QED) is 0.571. The molecular weight excluding hydrogens is 322 g/mol. The molecule has 0 atom stereocenters. The van der Waals surface area contributed by atoms with E-state index in [1.807, 2.05) is 44.2 Å². The minimum absolute atomic E-state index is 0.0543. The van der Waals surface area contributed by atoms with Gasteiger partial charge in [-0.1, -0.05) is 30.3 Å². The summed E-state index contributed by atoms with van der Waals surface area (Å²) in [6, 6.07) is 9.76. The molecule has 0 saturated heterocycles. The van der Waals surface area contributed by atoms with Gasteiger partial charge in [-0.15, -0.1) is 11.3 Å². The summed E-state index contributed by atoms with van der Waals surface area (Å²) in [7, 11) is 0. The molecule has 0 N–H and O–H groups in total. The largest absolute Gasteiger partial charge is 0.439 e. The topological polar surface area (TPSA) is 60.9 Å². The smallest absolute Gasteiger partial charge is 0.262 e. The highest BCUT2D eigenvalue weighted by atomic mass is 32.1. The van der Waals surface area contributed by atoms with Crippen molar-refractivity contribution in [1.29, 1.82) is 0 Å². The standard InChI is InChI=1S/C18H15N3O2S/c1-11-12(2)24-17-16(11)18(22)21(10-20-17)9-15-19-8-14(23-15)13-6-4-3-5-7-13/h3-8,10H,9H2,1-2H3. The first-order valence-electron chi connectivity index (χ1n) is 7.59. The Morgan fingerprint density at radius 1 is 1.17 bits per heavy atom. The highest BCUT2D eigenvalue weighted by Gasteiger charge is 2.14. The van der Waals surface area contributed by atoms with Crippen LogP contribution >= 0.6 is 11.3 Å². The molecule has 3 heterocycles. The second-order valence-corrected chi connectivity index (χ2v) is 6.83. The van der Waals surface area contributed by atoms with Crippen LogP contribution in [0, 0.1) is 13.8 Å². The molecule has 1 aromatic carbocycles. The summed E-state index contributed by atoms with van der Waals surface area (Å²) in [6.07, 6.45) is 3.24. The van der Waals surface area contributed by atoms with E-state index in [0.29, 0.717) is 17.0 Å². The van der Waals surface area contributed by atoms with Gasteiger partial charge >= 0.3 is 0 Å². The van der Waals surface area contributed by atoms with Gasteiger partial charge in [0.1, 0.15) is 11.4 Å². The third-order valence-electron chi connectivity index (χ3n) is 4.07. The van der Waals surface area contributed by atoms with Crippen LogP contribution in [-0.4, -0.2) is 14.5 Å². The van der Waals surface area contributed by atoms with Crippen LogP contribution in [0.25, 0.3) is 21.5 Å². The number of fused-ring (bicyclic) bond motifs is 1. The fourth-order valence-corrected chi connectivity index (χ4v) is 3.64. The lowest BCUT2D eigenvalue weighted by atomic mass is 10.2. The van der Waals surface area contributed by atoms with Gasteiger partial charge in [0.05, 0.1) is 17.9 Å². The number of benzene rings is 1. The lowest BCUT2D eigenvalue weighted by molar-refractivity contribution is 0.484. The van der Waals surface area contributed by atoms with Crippen molar-refractivity contribution in [1.82, 2.24) is 14.5 Å². The average Bonchev–Trinajstić information content (AvgIpc) is 3.17. The minimum atomic E-state index is -0.0543. The number of thiophene rings is 1. The second-order valence-electron chi connectivity index (χ2n) is 5.63. The van der Waals surface area contributed by atoms with E-state index in [1.54, 1.807) is 28.4 Å². The monoisotopic (exact) mass is 337 g/mol. The van der Waals surface area contributed by atoms with Gasteiger partial charge < -0.3 is 4.42 Å². The number of hydrogen-bond donors (Lipinski definition) is 0. The van der Waals surface area contributed by atoms with Crippen LogP contribution in [0.2, 0.25) is 0 Å². The third kappa shape index (κ3) is 2.45. The van der Waals surface area contributed by atoms with E-state index in [1.165, 1.54) is 0 Å². The Hall–Kier alpha value is -2.73. The molecule has 0 aliphatic heterocycles. The fraction of sp³-hybridized carbons (Fsp3) is 0.167. The summed E-state index contributed by atoms with van der Waals surface area (Å²) in [5.41, 5.74) is 1.90. The first-order valence-corrected chi connectivity index (χ1v) is 8.40. The van der Waals surface area contributed by atoms with E-state index < -0.39 is 0 Å². The van der Waals surface area contributed by atoms with Crippen molar-refractivity contribution in [2.45, 2.75) is 20.4 Å². The zero-order chi connectivity index (χ0) is 16.7. The van der Waals surface area contributed by atoms with E-state index >= 15 is 0 Å². The summed E-state index contributed by atoms with van der Waals surface area (Å²) in [5.74, 6) is 1.18. The zero-order valence-electron chi connectivity index (χ0n) is 13.3. The zero-order valence-corrected chi connectivity index (χ0v) is 14.1. The minimum Gasteiger partial charge on any atom is -0.439 e. The van der Waals surface area contributed by atoms with Crippen LogP contribution in [0.4, 0.5) is 0 Å². The van der Waals surface area contributed by atoms with Crippen molar-refractivity contribution in [2.24, 2.45) is 0 Å². The molecule has 0 aliphatic carbocycles. The summed E-state index contributed by atoms with van der Waals surface area (Å²) >= 11 is 1.55. The summed E-state index contributed by atoms with van der Waals surface area (Å²) in [4.78, 5) is 23.3. The molecule has 0 bridgehead atoms. The number of nitrogens with zero attached hydrogens (tertiary/aromatic N) is 3. The maximum atomic E-state index is 12.7. The Kier molecular flexibility index (Phi) is 3.54. The third-order valence-corrected chi connectivity index (χ3v) is 5.19. The Labute approximate surface area is 142 Å². The predicted molar refractivity (Wildman–Crippen MR) is 94.4 cm³/mol. The summed E-state index contributed by atoms with van der Waals surface area (Å²) in [5, 5.41) is 0.690. The molecule has 0 amide bonds. The summed E-state index contributed by atoms with van der Waals surface area (Å²) < 4.78 is 7.32. The van der Waals surface area contributed by atoms with Gasteiger partial charge in [-0.2, -0.15) is 0 Å². The number of aryl methyl sites for hydroxylation is 2. The maximum absolute atomic E-state index is 12.7. The highest BCUT2D eigenvalue weighted by molar-refractivity contribution is 7.18. The molecule has 0 spiro atoms. The van der Waals surface area contributed by atoms with Crippen molar-refractivity contribution < 1.29 is 4.42 Å². The SMILES string of the molecule is Cc1sc2ncn(Cc3ncc(-c4ccccc4)o3)c(=O)c2c1C. The maximum Gasteiger partial charge on any atom is 0.262 e. The van der Waals surface area contributed by atoms with Crippen molar-refractivity contribution in [3.63, 3.8) is 0 Å². The van der Waals surface area contributed by atoms with Gasteiger partial charge in [0, 0.05) is 10.4 Å². The molecule has 0 radical (unpaired) electrons. The Morgan fingerprint density at radius 3 is 2.75 bits per heavy atom. The van der Waals surface area contributed by atoms with Gasteiger partial charge in [-0.3, -0.25) is 9.36 Å². The number of hydrogen-bond acceptors (Lipinski definition) is 5. The van der Waals surface area contributed by atoms with Crippen LogP contribution < -0.4 is 5.56 Å². The molecule has 4 rings (SSSR count). The van der Waals surface area contributed by atoms with Crippen LogP contribution in [-0.2, 0) is 6.54 Å². The van der Waals surface area contributed by atoms with E-state index in [4.69, 9.17) is 4.42 Å². The van der Waals surface area contributed by atoms with Crippen molar-refractivity contribution in [3.05, 3.63) is 69.5 Å². The van der Waals surface area contributed by atoms with Crippen molar-refractivity contribution in [3.8, 4) is 11.3 Å². The highest BCUT2D eigenvalue weighted by Crippen LogP contribution is 2.25. The van der Waals surface area contributed by atoms with E-state index in [0.717, 1.165) is 20.8 Å². The first kappa shape index (κ1) is 14.8. The lowest BCUT2D eigenvalue weighted by Crippen LogP contribution is -2.21. The number of rotatable bonds is 3. The predicted octanol–water partition coefficient (Wildman–Crippen LogP) is 3.78. The lowest BCUT2D eigenvalue weighted by Gasteiger charge is -2.02. The van der Waals surface area contributed by atoms with Gasteiger partial charge in [0.2, 0.25) is 5.89 Å². The molecule has 0 aliphatic rings. The molecular formula is C18H15N3O2S. The van der Waals surface area contributed by atoms with E-state index in [2.05, 4.69) is 9.97 Å². The molecule has 0 fully saturated rings. The molecule has 6 heteroatoms. The Morgan fingerprint density at radius 2 is 1.96 bits per heavy atom. The second kappa shape index (κ2) is 5.72. The Bertz CT molecular complexity index is 1080. The van der Waals surface area contributed by atoms with Crippen LogP contribution in [0.1, 0.15) is 16.3 Å². The molecule has 120 valence electrons. The van der Waals surface area contributed by atoms with E-state index in [9.17, 15) is 4.79 Å². The fourth-order valence-electron chi connectivity index (χ4n) is 2.65. The molecule has 5 nitrogen and oxygen atoms in total. The number of aromatic nitrogens is 3. The van der Waals surface area contributed by atoms with Crippen LogP contribution in [0.3, 0.4) is 0 Å². The van der Waals surface area contributed by atoms with Crippen LogP contribution in [0.15, 0.2) is 52.1 Å². The molecule has 0 unspecified atom stereocenters. The molecule has 0 saturated carbocycles. The van der Waals surface area contributed by atoms with Crippen molar-refractivity contribution >= 4 is 21.6 Å². The first-order chi connectivity index (χ1) is 11.6. The van der Waals surface area contributed by atoms with Crippen molar-refractivity contribution in [2.75, 3.05) is 0 Å². The molecule has 4 aromatic rings. The Balaban J connectivity index is 1.70. The number of oxazole rings is 1. The van der Waals surface area contributed by atoms with E-state index in [-0.39, 0.29) is 12.1 Å². The van der Waals surface area contributed by atoms with Gasteiger partial charge in [-0.25, -0.2) is 9.97 Å².